The lowest BCUT2D eigenvalue weighted by atomic mass is 10.1. The van der Waals surface area contributed by atoms with E-state index in [1.165, 1.54) is 22.3 Å². The Hall–Kier alpha value is -2.37. The molecule has 0 fully saturated rings. The standard InChI is InChI=1S/C21H21BrN3O/c1-14-12-17(7-5-15-13-16(22)6-8-20(15)26-2)25-21(14)18(9-10-23)19-4-3-11-24(19)25/h3-8,11-13H,9-10,23H2,1-2H3/q+1/b7-5+. The first kappa shape index (κ1) is 17.1. The molecule has 0 aliphatic carbocycles. The maximum atomic E-state index is 5.86. The molecule has 2 aromatic heterocycles. The Bertz CT molecular complexity index is 1110. The molecule has 0 bridgehead atoms. The van der Waals surface area contributed by atoms with Crippen molar-refractivity contribution in [2.24, 2.45) is 5.73 Å². The topological polar surface area (TPSA) is 45.6 Å². The van der Waals surface area contributed by atoms with Crippen LogP contribution in [0.5, 0.6) is 5.75 Å². The van der Waals surface area contributed by atoms with Crippen LogP contribution in [-0.4, -0.2) is 18.2 Å². The first-order chi connectivity index (χ1) is 12.6. The molecule has 0 amide bonds. The Morgan fingerprint density at radius 2 is 2.12 bits per heavy atom. The minimum Gasteiger partial charge on any atom is -0.496 e. The average molecular weight is 411 g/mol. The number of aromatic nitrogens is 2. The monoisotopic (exact) mass is 410 g/mol. The second-order valence-corrected chi connectivity index (χ2v) is 7.30. The van der Waals surface area contributed by atoms with Gasteiger partial charge in [-0.15, -0.1) is 4.52 Å². The van der Waals surface area contributed by atoms with Crippen molar-refractivity contribution < 1.29 is 9.09 Å². The molecule has 5 heteroatoms. The van der Waals surface area contributed by atoms with Gasteiger partial charge in [-0.05, 0) is 61.9 Å². The molecule has 0 saturated carbocycles. The molecular weight excluding hydrogens is 390 g/mol. The third-order valence-electron chi connectivity index (χ3n) is 4.75. The van der Waals surface area contributed by atoms with Gasteiger partial charge in [-0.1, -0.05) is 20.3 Å². The summed E-state index contributed by atoms with van der Waals surface area (Å²) in [5.41, 5.74) is 13.1. The van der Waals surface area contributed by atoms with Gasteiger partial charge in [0.05, 0.1) is 12.7 Å². The smallest absolute Gasteiger partial charge is 0.242 e. The number of hydrogen-bond acceptors (Lipinski definition) is 2. The van der Waals surface area contributed by atoms with E-state index in [1.807, 2.05) is 12.1 Å². The van der Waals surface area contributed by atoms with Crippen LogP contribution >= 0.6 is 15.9 Å². The summed E-state index contributed by atoms with van der Waals surface area (Å²) in [6.45, 7) is 2.80. The van der Waals surface area contributed by atoms with Gasteiger partial charge in [0.25, 0.3) is 0 Å². The van der Waals surface area contributed by atoms with Gasteiger partial charge in [0.15, 0.2) is 0 Å². The van der Waals surface area contributed by atoms with Crippen LogP contribution < -0.4 is 14.8 Å². The molecule has 4 nitrogen and oxygen atoms in total. The van der Waals surface area contributed by atoms with E-state index in [4.69, 9.17) is 10.5 Å². The molecule has 1 aliphatic rings. The maximum absolute atomic E-state index is 5.86. The molecule has 3 aromatic rings. The molecule has 4 rings (SSSR count). The third kappa shape index (κ3) is 2.68. The number of benzene rings is 1. The van der Waals surface area contributed by atoms with Gasteiger partial charge < -0.3 is 10.5 Å². The molecule has 0 spiro atoms. The lowest BCUT2D eigenvalue weighted by Gasteiger charge is -2.04. The van der Waals surface area contributed by atoms with Crippen molar-refractivity contribution in [1.82, 2.24) is 4.52 Å². The number of methoxy groups -OCH3 is 1. The molecule has 0 unspecified atom stereocenters. The highest BCUT2D eigenvalue weighted by atomic mass is 79.9. The van der Waals surface area contributed by atoms with Crippen molar-refractivity contribution in [2.75, 3.05) is 13.7 Å². The van der Waals surface area contributed by atoms with Gasteiger partial charge in [0.1, 0.15) is 17.0 Å². The van der Waals surface area contributed by atoms with E-state index in [1.54, 1.807) is 7.11 Å². The minimum atomic E-state index is 0.644. The number of allylic oxidation sites excluding steroid dienone is 1. The van der Waals surface area contributed by atoms with E-state index >= 15 is 0 Å². The van der Waals surface area contributed by atoms with Crippen LogP contribution in [0.4, 0.5) is 0 Å². The summed E-state index contributed by atoms with van der Waals surface area (Å²) in [5, 5.41) is 0. The second-order valence-electron chi connectivity index (χ2n) is 6.39. The fraction of sp³-hybridized carbons (Fsp3) is 0.190. The fourth-order valence-electron chi connectivity index (χ4n) is 3.67. The Morgan fingerprint density at radius 3 is 2.88 bits per heavy atom. The number of halogens is 1. The van der Waals surface area contributed by atoms with Crippen molar-refractivity contribution in [3.63, 3.8) is 0 Å². The van der Waals surface area contributed by atoms with E-state index in [-0.39, 0.29) is 0 Å². The van der Waals surface area contributed by atoms with E-state index in [0.29, 0.717) is 6.54 Å². The minimum absolute atomic E-state index is 0.644. The number of nitrogens with zero attached hydrogens (tertiary/aromatic N) is 2. The summed E-state index contributed by atoms with van der Waals surface area (Å²) in [5.74, 6) is 0.853. The molecule has 1 aliphatic heterocycles. The molecule has 132 valence electrons. The third-order valence-corrected chi connectivity index (χ3v) is 5.25. The Labute approximate surface area is 161 Å². The summed E-state index contributed by atoms with van der Waals surface area (Å²) >= 11 is 3.53. The van der Waals surface area contributed by atoms with Gasteiger partial charge in [-0.25, -0.2) is 0 Å². The Morgan fingerprint density at radius 1 is 1.27 bits per heavy atom. The zero-order chi connectivity index (χ0) is 18.3. The van der Waals surface area contributed by atoms with Crippen molar-refractivity contribution in [2.45, 2.75) is 13.3 Å². The predicted octanol–water partition coefficient (Wildman–Crippen LogP) is 3.73. The quantitative estimate of drug-likeness (QED) is 0.651. The van der Waals surface area contributed by atoms with Gasteiger partial charge in [0.2, 0.25) is 11.9 Å². The number of rotatable bonds is 5. The van der Waals surface area contributed by atoms with Gasteiger partial charge >= 0.3 is 0 Å². The highest BCUT2D eigenvalue weighted by Gasteiger charge is 2.26. The Balaban J connectivity index is 1.87. The fourth-order valence-corrected chi connectivity index (χ4v) is 4.05. The molecular formula is C21H21BrN3O+. The summed E-state index contributed by atoms with van der Waals surface area (Å²) in [7, 11) is 1.69. The van der Waals surface area contributed by atoms with Crippen molar-refractivity contribution in [3.8, 4) is 5.75 Å². The summed E-state index contributed by atoms with van der Waals surface area (Å²) in [4.78, 5) is 0. The van der Waals surface area contributed by atoms with Crippen LogP contribution in [0.1, 0.15) is 28.1 Å². The van der Waals surface area contributed by atoms with E-state index < -0.39 is 0 Å². The summed E-state index contributed by atoms with van der Waals surface area (Å²) in [6.07, 6.45) is 11.4. The molecule has 0 atom stereocenters. The van der Waals surface area contributed by atoms with Gasteiger partial charge in [-0.2, -0.15) is 0 Å². The van der Waals surface area contributed by atoms with Crippen LogP contribution in [0.15, 0.2) is 34.8 Å². The normalized spacial score (nSPS) is 12.9. The van der Waals surface area contributed by atoms with E-state index in [2.05, 4.69) is 74.4 Å². The van der Waals surface area contributed by atoms with Crippen molar-refractivity contribution >= 4 is 39.7 Å². The van der Waals surface area contributed by atoms with Crippen LogP contribution in [0.3, 0.4) is 0 Å². The van der Waals surface area contributed by atoms with Gasteiger partial charge in [0, 0.05) is 22.2 Å². The zero-order valence-electron chi connectivity index (χ0n) is 14.9. The molecule has 2 N–H and O–H groups in total. The molecule has 1 aromatic carbocycles. The number of ether oxygens (including phenoxy) is 1. The predicted molar refractivity (Wildman–Crippen MR) is 109 cm³/mol. The summed E-state index contributed by atoms with van der Waals surface area (Å²) in [6, 6.07) is 8.23. The molecule has 0 radical (unpaired) electrons. The molecule has 26 heavy (non-hydrogen) atoms. The van der Waals surface area contributed by atoms with Crippen molar-refractivity contribution in [1.29, 1.82) is 0 Å². The van der Waals surface area contributed by atoms with Crippen LogP contribution in [0.2, 0.25) is 0 Å². The summed E-state index contributed by atoms with van der Waals surface area (Å²) < 4.78 is 11.0. The maximum Gasteiger partial charge on any atom is 0.242 e. The molecule has 3 heterocycles. The van der Waals surface area contributed by atoms with Gasteiger partial charge in [-0.3, -0.25) is 0 Å². The highest BCUT2D eigenvalue weighted by Crippen LogP contribution is 2.28. The van der Waals surface area contributed by atoms with Crippen molar-refractivity contribution in [3.05, 3.63) is 69.1 Å². The van der Waals surface area contributed by atoms with E-state index in [0.717, 1.165) is 27.9 Å². The van der Waals surface area contributed by atoms with Crippen LogP contribution in [-0.2, 0) is 6.42 Å². The molecule has 0 saturated heterocycles. The lowest BCUT2D eigenvalue weighted by Crippen LogP contribution is -2.24. The number of fused-ring (bicyclic) bond motifs is 3. The average Bonchev–Trinajstić information content (AvgIpc) is 3.28. The Kier molecular flexibility index (Phi) is 4.42. The van der Waals surface area contributed by atoms with E-state index in [9.17, 15) is 0 Å². The number of hydrogen-bond donors (Lipinski definition) is 1. The number of aryl methyl sites for hydroxylation is 1. The SMILES string of the molecule is COc1ccc(Br)cc1/C=C/c1cc(C)c2c(CCN)c3[n+](n12)=CC=C3. The number of nitrogens with two attached hydrogens (primary N) is 1. The highest BCUT2D eigenvalue weighted by molar-refractivity contribution is 9.10. The van der Waals surface area contributed by atoms with Crippen LogP contribution in [0, 0.1) is 13.1 Å². The first-order valence-electron chi connectivity index (χ1n) is 8.62. The zero-order valence-corrected chi connectivity index (χ0v) is 16.5. The second kappa shape index (κ2) is 6.74. The first-order valence-corrected chi connectivity index (χ1v) is 9.42. The largest absolute Gasteiger partial charge is 0.496 e. The lowest BCUT2D eigenvalue weighted by molar-refractivity contribution is -0.583. The van der Waals surface area contributed by atoms with Crippen LogP contribution in [0.25, 0.3) is 23.7 Å².